The molecule has 1 aromatic heterocycles. The number of carbonyl (C=O) groups excluding carboxylic acids is 1. The third-order valence-corrected chi connectivity index (χ3v) is 3.04. The smallest absolute Gasteiger partial charge is 0.226 e. The van der Waals surface area contributed by atoms with E-state index in [1.54, 1.807) is 17.0 Å². The highest BCUT2D eigenvalue weighted by atomic mass is 16.3. The Morgan fingerprint density at radius 2 is 2.06 bits per heavy atom. The molecule has 90 valence electrons. The van der Waals surface area contributed by atoms with Crippen molar-refractivity contribution in [1.82, 2.24) is 9.55 Å². The minimum absolute atomic E-state index is 0.0227. The van der Waals surface area contributed by atoms with Crippen LogP contribution < -0.4 is 0 Å². The van der Waals surface area contributed by atoms with Gasteiger partial charge >= 0.3 is 0 Å². The van der Waals surface area contributed by atoms with Crippen molar-refractivity contribution in [2.75, 3.05) is 0 Å². The lowest BCUT2D eigenvalue weighted by atomic mass is 9.93. The molecule has 0 radical (unpaired) electrons. The maximum absolute atomic E-state index is 12.0. The molecular formula is C12H20N2O2. The van der Waals surface area contributed by atoms with E-state index in [4.69, 9.17) is 0 Å². The first-order chi connectivity index (χ1) is 7.65. The summed E-state index contributed by atoms with van der Waals surface area (Å²) in [5.74, 6) is 0.122. The van der Waals surface area contributed by atoms with Crippen LogP contribution in [0.5, 0.6) is 0 Å². The Bertz CT molecular complexity index is 343. The van der Waals surface area contributed by atoms with Gasteiger partial charge in [-0.3, -0.25) is 4.79 Å². The molecule has 0 bridgehead atoms. The van der Waals surface area contributed by atoms with E-state index >= 15 is 0 Å². The summed E-state index contributed by atoms with van der Waals surface area (Å²) in [5.41, 5.74) is 0. The largest absolute Gasteiger partial charge is 0.385 e. The number of imidazole rings is 1. The van der Waals surface area contributed by atoms with Crippen molar-refractivity contribution in [3.63, 3.8) is 0 Å². The fraction of sp³-hybridized carbons (Fsp3) is 0.667. The Kier molecular flexibility index (Phi) is 4.68. The molecule has 0 saturated carbocycles. The van der Waals surface area contributed by atoms with Gasteiger partial charge in [0.15, 0.2) is 5.82 Å². The quantitative estimate of drug-likeness (QED) is 0.751. The zero-order valence-corrected chi connectivity index (χ0v) is 10.2. The fourth-order valence-corrected chi connectivity index (χ4v) is 1.87. The number of aryl methyl sites for hydroxylation is 1. The molecule has 0 aromatic carbocycles. The monoisotopic (exact) mass is 224 g/mol. The Labute approximate surface area is 96.3 Å². The van der Waals surface area contributed by atoms with Crippen molar-refractivity contribution in [3.05, 3.63) is 18.2 Å². The summed E-state index contributed by atoms with van der Waals surface area (Å²) < 4.78 is 1.76. The van der Waals surface area contributed by atoms with Crippen molar-refractivity contribution in [2.24, 2.45) is 5.92 Å². The normalized spacial score (nSPS) is 13.1. The van der Waals surface area contributed by atoms with Crippen molar-refractivity contribution in [3.8, 4) is 0 Å². The van der Waals surface area contributed by atoms with E-state index in [0.717, 1.165) is 12.8 Å². The molecule has 0 aliphatic rings. The molecular weight excluding hydrogens is 204 g/mol. The van der Waals surface area contributed by atoms with E-state index in [9.17, 15) is 9.90 Å². The minimum Gasteiger partial charge on any atom is -0.385 e. The summed E-state index contributed by atoms with van der Waals surface area (Å²) in [6, 6.07) is 0. The molecule has 0 aliphatic carbocycles. The van der Waals surface area contributed by atoms with Crippen molar-refractivity contribution in [2.45, 2.75) is 46.3 Å². The van der Waals surface area contributed by atoms with Crippen LogP contribution in [0.25, 0.3) is 0 Å². The summed E-state index contributed by atoms with van der Waals surface area (Å²) in [5, 5.41) is 9.97. The number of aliphatic hydroxyl groups excluding tert-OH is 1. The predicted molar refractivity (Wildman–Crippen MR) is 62.3 cm³/mol. The van der Waals surface area contributed by atoms with Crippen LogP contribution in [0.15, 0.2) is 12.4 Å². The molecule has 16 heavy (non-hydrogen) atoms. The summed E-state index contributed by atoms with van der Waals surface area (Å²) in [6.45, 7) is 6.60. The minimum atomic E-state index is -0.928. The number of rotatable bonds is 6. The van der Waals surface area contributed by atoms with Gasteiger partial charge in [0.05, 0.1) is 0 Å². The van der Waals surface area contributed by atoms with E-state index in [-0.39, 0.29) is 11.7 Å². The van der Waals surface area contributed by atoms with Gasteiger partial charge in [0.2, 0.25) is 5.78 Å². The van der Waals surface area contributed by atoms with Gasteiger partial charge in [-0.2, -0.15) is 0 Å². The summed E-state index contributed by atoms with van der Waals surface area (Å²) in [6.07, 6.45) is 4.03. The van der Waals surface area contributed by atoms with Gasteiger partial charge in [-0.05, 0) is 12.8 Å². The number of aromatic nitrogens is 2. The second-order valence-corrected chi connectivity index (χ2v) is 3.92. The van der Waals surface area contributed by atoms with Crippen LogP contribution in [-0.2, 0) is 6.54 Å². The lowest BCUT2D eigenvalue weighted by molar-refractivity contribution is 0.0572. The second-order valence-electron chi connectivity index (χ2n) is 3.92. The molecule has 0 spiro atoms. The van der Waals surface area contributed by atoms with Gasteiger partial charge in [0.25, 0.3) is 0 Å². The number of aliphatic hydroxyl groups is 1. The SMILES string of the molecule is CCC(CC)C(O)C(=O)c1nccn1CC. The van der Waals surface area contributed by atoms with E-state index in [1.165, 1.54) is 0 Å². The second kappa shape index (κ2) is 5.80. The molecule has 0 fully saturated rings. The fourth-order valence-electron chi connectivity index (χ4n) is 1.87. The number of hydrogen-bond donors (Lipinski definition) is 1. The van der Waals surface area contributed by atoms with Crippen LogP contribution in [0, 0.1) is 5.92 Å². The topological polar surface area (TPSA) is 55.1 Å². The van der Waals surface area contributed by atoms with Gasteiger partial charge in [0.1, 0.15) is 6.10 Å². The van der Waals surface area contributed by atoms with Crippen LogP contribution in [-0.4, -0.2) is 26.5 Å². The maximum atomic E-state index is 12.0. The lowest BCUT2D eigenvalue weighted by Gasteiger charge is -2.18. The standard InChI is InChI=1S/C12H20N2O2/c1-4-9(5-2)10(15)11(16)12-13-7-8-14(12)6-3/h7-10,15H,4-6H2,1-3H3. The third-order valence-electron chi connectivity index (χ3n) is 3.04. The van der Waals surface area contributed by atoms with Gasteiger partial charge in [-0.25, -0.2) is 4.98 Å². The van der Waals surface area contributed by atoms with Gasteiger partial charge in [-0.1, -0.05) is 26.7 Å². The number of carbonyl (C=O) groups is 1. The Morgan fingerprint density at radius 1 is 1.44 bits per heavy atom. The molecule has 1 heterocycles. The third kappa shape index (κ3) is 2.50. The van der Waals surface area contributed by atoms with Gasteiger partial charge < -0.3 is 9.67 Å². The van der Waals surface area contributed by atoms with E-state index in [1.807, 2.05) is 20.8 Å². The van der Waals surface area contributed by atoms with Crippen molar-refractivity contribution >= 4 is 5.78 Å². The molecule has 1 N–H and O–H groups in total. The number of ketones is 1. The first-order valence-corrected chi connectivity index (χ1v) is 5.89. The zero-order valence-electron chi connectivity index (χ0n) is 10.2. The molecule has 1 atom stereocenters. The summed E-state index contributed by atoms with van der Waals surface area (Å²) >= 11 is 0. The molecule has 1 aromatic rings. The van der Waals surface area contributed by atoms with E-state index in [2.05, 4.69) is 4.98 Å². The molecule has 1 unspecified atom stereocenters. The highest BCUT2D eigenvalue weighted by molar-refractivity contribution is 5.96. The van der Waals surface area contributed by atoms with Crippen molar-refractivity contribution in [1.29, 1.82) is 0 Å². The Morgan fingerprint density at radius 3 is 2.56 bits per heavy atom. The molecule has 0 aliphatic heterocycles. The molecule has 1 rings (SSSR count). The molecule has 4 heteroatoms. The number of nitrogens with zero attached hydrogens (tertiary/aromatic N) is 2. The molecule has 0 saturated heterocycles. The van der Waals surface area contributed by atoms with Gasteiger partial charge in [0, 0.05) is 18.9 Å². The van der Waals surface area contributed by atoms with Crippen molar-refractivity contribution < 1.29 is 9.90 Å². The zero-order chi connectivity index (χ0) is 12.1. The van der Waals surface area contributed by atoms with Crippen LogP contribution in [0.4, 0.5) is 0 Å². The van der Waals surface area contributed by atoms with Gasteiger partial charge in [-0.15, -0.1) is 0 Å². The van der Waals surface area contributed by atoms with Crippen LogP contribution >= 0.6 is 0 Å². The average molecular weight is 224 g/mol. The first kappa shape index (κ1) is 12.9. The average Bonchev–Trinajstić information content (AvgIpc) is 2.77. The Hall–Kier alpha value is -1.16. The molecule has 0 amide bonds. The van der Waals surface area contributed by atoms with E-state index < -0.39 is 6.10 Å². The summed E-state index contributed by atoms with van der Waals surface area (Å²) in [4.78, 5) is 16.0. The van der Waals surface area contributed by atoms with E-state index in [0.29, 0.717) is 12.4 Å². The summed E-state index contributed by atoms with van der Waals surface area (Å²) in [7, 11) is 0. The van der Waals surface area contributed by atoms with Crippen LogP contribution in [0.1, 0.15) is 44.2 Å². The maximum Gasteiger partial charge on any atom is 0.226 e. The van der Waals surface area contributed by atoms with Crippen LogP contribution in [0.2, 0.25) is 0 Å². The molecule has 4 nitrogen and oxygen atoms in total. The van der Waals surface area contributed by atoms with Crippen LogP contribution in [0.3, 0.4) is 0 Å². The highest BCUT2D eigenvalue weighted by Crippen LogP contribution is 2.16. The number of hydrogen-bond acceptors (Lipinski definition) is 3. The number of Topliss-reactive ketones (excluding diaryl/α,β-unsaturated/α-hetero) is 1. The predicted octanol–water partition coefficient (Wildman–Crippen LogP) is 1.88. The Balaban J connectivity index is 2.85. The highest BCUT2D eigenvalue weighted by Gasteiger charge is 2.27. The first-order valence-electron chi connectivity index (χ1n) is 5.89. The lowest BCUT2D eigenvalue weighted by Crippen LogP contribution is -2.31.